The van der Waals surface area contributed by atoms with Gasteiger partial charge in [0.15, 0.2) is 6.61 Å². The molecule has 3 amide bonds. The van der Waals surface area contributed by atoms with Crippen LogP contribution in [0.2, 0.25) is 0 Å². The van der Waals surface area contributed by atoms with Gasteiger partial charge in [0.25, 0.3) is 5.91 Å². The molecule has 1 fully saturated rings. The van der Waals surface area contributed by atoms with Gasteiger partial charge in [-0.3, -0.25) is 10.1 Å². The van der Waals surface area contributed by atoms with Crippen LogP contribution in [-0.4, -0.2) is 50.9 Å². The van der Waals surface area contributed by atoms with Crippen molar-refractivity contribution in [2.75, 3.05) is 26.9 Å². The molecule has 2 rings (SSSR count). The van der Waals surface area contributed by atoms with Gasteiger partial charge in [-0.1, -0.05) is 0 Å². The summed E-state index contributed by atoms with van der Waals surface area (Å²) >= 11 is 0. The van der Waals surface area contributed by atoms with Crippen LogP contribution >= 0.6 is 0 Å². The van der Waals surface area contributed by atoms with Crippen LogP contribution in [0.25, 0.3) is 0 Å². The molecular formula is C16H20N2O6. The van der Waals surface area contributed by atoms with Gasteiger partial charge in [0, 0.05) is 13.7 Å². The first-order chi connectivity index (χ1) is 11.6. The number of amides is 3. The Morgan fingerprint density at radius 1 is 1.25 bits per heavy atom. The van der Waals surface area contributed by atoms with E-state index in [1.54, 1.807) is 24.3 Å². The fourth-order valence-electron chi connectivity index (χ4n) is 2.09. The van der Waals surface area contributed by atoms with E-state index in [-0.39, 0.29) is 11.7 Å². The fourth-order valence-corrected chi connectivity index (χ4v) is 2.09. The molecule has 0 bridgehead atoms. The molecule has 1 saturated heterocycles. The third-order valence-corrected chi connectivity index (χ3v) is 3.36. The largest absolute Gasteiger partial charge is 0.491 e. The molecular weight excluding hydrogens is 316 g/mol. The van der Waals surface area contributed by atoms with Crippen LogP contribution in [-0.2, 0) is 14.3 Å². The molecule has 0 saturated carbocycles. The lowest BCUT2D eigenvalue weighted by Gasteiger charge is -2.11. The average Bonchev–Trinajstić information content (AvgIpc) is 3.11. The van der Waals surface area contributed by atoms with E-state index in [4.69, 9.17) is 14.2 Å². The van der Waals surface area contributed by atoms with Gasteiger partial charge in [0.2, 0.25) is 0 Å². The van der Waals surface area contributed by atoms with Crippen molar-refractivity contribution in [3.8, 4) is 5.75 Å². The second-order valence-electron chi connectivity index (χ2n) is 5.17. The smallest absolute Gasteiger partial charge is 0.338 e. The highest BCUT2D eigenvalue weighted by atomic mass is 16.5. The molecule has 8 nitrogen and oxygen atoms in total. The van der Waals surface area contributed by atoms with Gasteiger partial charge >= 0.3 is 12.0 Å². The molecule has 8 heteroatoms. The zero-order valence-corrected chi connectivity index (χ0v) is 13.4. The van der Waals surface area contributed by atoms with Crippen LogP contribution < -0.4 is 15.4 Å². The monoisotopic (exact) mass is 336 g/mol. The van der Waals surface area contributed by atoms with E-state index in [1.807, 2.05) is 5.32 Å². The zero-order valence-electron chi connectivity index (χ0n) is 13.4. The van der Waals surface area contributed by atoms with Crippen molar-refractivity contribution in [1.82, 2.24) is 10.6 Å². The first-order valence-corrected chi connectivity index (χ1v) is 7.61. The second-order valence-corrected chi connectivity index (χ2v) is 5.17. The maximum Gasteiger partial charge on any atom is 0.338 e. The minimum absolute atomic E-state index is 0.119. The van der Waals surface area contributed by atoms with Crippen molar-refractivity contribution in [3.63, 3.8) is 0 Å². The van der Waals surface area contributed by atoms with E-state index < -0.39 is 24.5 Å². The summed E-state index contributed by atoms with van der Waals surface area (Å²) in [4.78, 5) is 34.1. The number of benzene rings is 1. The number of urea groups is 1. The molecule has 1 aliphatic heterocycles. The molecule has 1 aromatic rings. The number of carbonyl (C=O) groups excluding carboxylic acids is 3. The van der Waals surface area contributed by atoms with Gasteiger partial charge in [-0.05, 0) is 37.1 Å². The third-order valence-electron chi connectivity index (χ3n) is 3.36. The maximum atomic E-state index is 11.8. The highest BCUT2D eigenvalue weighted by molar-refractivity contribution is 5.96. The molecule has 1 aliphatic rings. The third kappa shape index (κ3) is 5.54. The molecule has 1 aromatic carbocycles. The molecule has 2 N–H and O–H groups in total. The molecule has 130 valence electrons. The minimum atomic E-state index is -0.709. The lowest BCUT2D eigenvalue weighted by atomic mass is 10.2. The molecule has 24 heavy (non-hydrogen) atoms. The number of nitrogens with one attached hydrogen (secondary N) is 2. The summed E-state index contributed by atoms with van der Waals surface area (Å²) in [6.45, 7) is 0.708. The number of esters is 1. The molecule has 1 atom stereocenters. The Morgan fingerprint density at radius 2 is 2.00 bits per heavy atom. The summed E-state index contributed by atoms with van der Waals surface area (Å²) in [5.74, 6) is -0.744. The van der Waals surface area contributed by atoms with Crippen LogP contribution in [0, 0.1) is 0 Å². The van der Waals surface area contributed by atoms with Crippen LogP contribution in [0.3, 0.4) is 0 Å². The SMILES string of the molecule is CNC(=O)NC(=O)COC(=O)c1ccc(OC[C@H]2CCCO2)cc1. The molecule has 0 spiro atoms. The van der Waals surface area contributed by atoms with E-state index >= 15 is 0 Å². The number of rotatable bonds is 6. The van der Waals surface area contributed by atoms with Gasteiger partial charge < -0.3 is 19.5 Å². The standard InChI is InChI=1S/C16H20N2O6/c1-17-16(21)18-14(19)10-24-15(20)11-4-6-12(7-5-11)23-9-13-3-2-8-22-13/h4-7,13H,2-3,8-10H2,1H3,(H2,17,18,19,21)/t13-/m1/s1. The highest BCUT2D eigenvalue weighted by Gasteiger charge is 2.16. The van der Waals surface area contributed by atoms with Crippen LogP contribution in [0.4, 0.5) is 4.79 Å². The van der Waals surface area contributed by atoms with Crippen LogP contribution in [0.5, 0.6) is 5.75 Å². The van der Waals surface area contributed by atoms with Crippen molar-refractivity contribution >= 4 is 17.9 Å². The van der Waals surface area contributed by atoms with Gasteiger partial charge in [-0.15, -0.1) is 0 Å². The highest BCUT2D eigenvalue weighted by Crippen LogP contribution is 2.17. The number of hydrogen-bond acceptors (Lipinski definition) is 6. The molecule has 0 aromatic heterocycles. The number of ether oxygens (including phenoxy) is 3. The lowest BCUT2D eigenvalue weighted by molar-refractivity contribution is -0.123. The average molecular weight is 336 g/mol. The summed E-state index contributed by atoms with van der Waals surface area (Å²) in [5.41, 5.74) is 0.284. The molecule has 0 aliphatic carbocycles. The van der Waals surface area contributed by atoms with Crippen molar-refractivity contribution < 1.29 is 28.6 Å². The summed E-state index contributed by atoms with van der Waals surface area (Å²) in [6.07, 6.45) is 2.16. The summed E-state index contributed by atoms with van der Waals surface area (Å²) in [6, 6.07) is 5.73. The first kappa shape index (κ1) is 17.7. The second kappa shape index (κ2) is 8.88. The minimum Gasteiger partial charge on any atom is -0.491 e. The number of hydrogen-bond donors (Lipinski definition) is 2. The summed E-state index contributed by atoms with van der Waals surface area (Å²) < 4.78 is 15.9. The summed E-state index contributed by atoms with van der Waals surface area (Å²) in [5, 5.41) is 4.21. The van der Waals surface area contributed by atoms with E-state index in [9.17, 15) is 14.4 Å². The quantitative estimate of drug-likeness (QED) is 0.747. The Morgan fingerprint density at radius 3 is 2.62 bits per heavy atom. The van der Waals surface area contributed by atoms with Crippen molar-refractivity contribution in [3.05, 3.63) is 29.8 Å². The van der Waals surface area contributed by atoms with Crippen molar-refractivity contribution in [1.29, 1.82) is 0 Å². The van der Waals surface area contributed by atoms with Crippen LogP contribution in [0.1, 0.15) is 23.2 Å². The first-order valence-electron chi connectivity index (χ1n) is 7.61. The Balaban J connectivity index is 1.75. The topological polar surface area (TPSA) is 103 Å². The zero-order chi connectivity index (χ0) is 17.4. The molecule has 1 heterocycles. The van der Waals surface area contributed by atoms with E-state index in [0.717, 1.165) is 19.4 Å². The van der Waals surface area contributed by atoms with Crippen molar-refractivity contribution in [2.24, 2.45) is 0 Å². The normalized spacial score (nSPS) is 16.3. The van der Waals surface area contributed by atoms with E-state index in [0.29, 0.717) is 12.4 Å². The Kier molecular flexibility index (Phi) is 6.56. The Labute approximate surface area is 139 Å². The van der Waals surface area contributed by atoms with Gasteiger partial charge in [0.05, 0.1) is 11.7 Å². The Hall–Kier alpha value is -2.61. The van der Waals surface area contributed by atoms with Gasteiger partial charge in [-0.25, -0.2) is 9.59 Å². The van der Waals surface area contributed by atoms with Crippen molar-refractivity contribution in [2.45, 2.75) is 18.9 Å². The van der Waals surface area contributed by atoms with Gasteiger partial charge in [0.1, 0.15) is 12.4 Å². The molecule has 0 radical (unpaired) electrons. The predicted molar refractivity (Wildman–Crippen MR) is 83.8 cm³/mol. The number of carbonyl (C=O) groups is 3. The van der Waals surface area contributed by atoms with Crippen LogP contribution in [0.15, 0.2) is 24.3 Å². The van der Waals surface area contributed by atoms with E-state index in [1.165, 1.54) is 7.05 Å². The lowest BCUT2D eigenvalue weighted by Crippen LogP contribution is -2.39. The predicted octanol–water partition coefficient (Wildman–Crippen LogP) is 0.857. The maximum absolute atomic E-state index is 11.8. The van der Waals surface area contributed by atoms with E-state index in [2.05, 4.69) is 5.32 Å². The summed E-state index contributed by atoms with van der Waals surface area (Å²) in [7, 11) is 1.37. The fraction of sp³-hybridized carbons (Fsp3) is 0.438. The number of imide groups is 1. The Bertz CT molecular complexity index is 581. The van der Waals surface area contributed by atoms with Gasteiger partial charge in [-0.2, -0.15) is 0 Å². The molecule has 0 unspecified atom stereocenters.